The lowest BCUT2D eigenvalue weighted by atomic mass is 9.62. The Morgan fingerprint density at radius 3 is 2.43 bits per heavy atom. The monoisotopic (exact) mass is 336 g/mol. The summed E-state index contributed by atoms with van der Waals surface area (Å²) in [6.07, 6.45) is 2.12. The van der Waals surface area contributed by atoms with Crippen molar-refractivity contribution < 1.29 is 18.8 Å². The van der Waals surface area contributed by atoms with Crippen LogP contribution < -0.4 is 0 Å². The molecular weight excluding hydrogens is 308 g/mol. The van der Waals surface area contributed by atoms with E-state index in [1.54, 1.807) is 0 Å². The first kappa shape index (κ1) is 16.9. The summed E-state index contributed by atoms with van der Waals surface area (Å²) >= 11 is 0. The normalized spacial score (nSPS) is 43.7. The van der Waals surface area contributed by atoms with Crippen LogP contribution >= 0.6 is 0 Å². The van der Waals surface area contributed by atoms with Crippen molar-refractivity contribution in [3.63, 3.8) is 0 Å². The average molecular weight is 337 g/mol. The zero-order chi connectivity index (χ0) is 17.4. The van der Waals surface area contributed by atoms with Crippen molar-refractivity contribution in [2.45, 2.75) is 59.7 Å². The maximum atomic E-state index is 13.3. The molecule has 128 valence electrons. The maximum absolute atomic E-state index is 13.3. The number of Topliss-reactive ketones (excluding diaryl/α,β-unsaturated/α-hetero) is 2. The third-order valence-electron chi connectivity index (χ3n) is 6.89. The Morgan fingerprint density at radius 2 is 1.87 bits per heavy atom. The Bertz CT molecular complexity index is 592. The van der Waals surface area contributed by atoms with Crippen LogP contribution in [0.3, 0.4) is 0 Å². The standard InChI is InChI=1S/C18H28O4Si/c1-10-12(19)9-13-17(3)7-8-18(13,15(20)14(10)17)11(2)16(21)22-23(4,5)6/h10-11,13-14H,7-9H2,1-6H3. The Labute approximate surface area is 139 Å². The van der Waals surface area contributed by atoms with E-state index in [0.717, 1.165) is 12.8 Å². The van der Waals surface area contributed by atoms with E-state index in [1.165, 1.54) is 0 Å². The first-order chi connectivity index (χ1) is 10.4. The fourth-order valence-corrected chi connectivity index (χ4v) is 6.57. The summed E-state index contributed by atoms with van der Waals surface area (Å²) in [4.78, 5) is 38.4. The second-order valence-electron chi connectivity index (χ2n) is 9.15. The SMILES string of the molecule is CC1C(=O)CC2C3(C)CCC2(C(C)C(=O)O[Si](C)(C)C)C(=O)C13. The number of rotatable bonds is 3. The van der Waals surface area contributed by atoms with Crippen molar-refractivity contribution in [3.05, 3.63) is 0 Å². The van der Waals surface area contributed by atoms with Crippen LogP contribution in [-0.4, -0.2) is 25.9 Å². The third kappa shape index (κ3) is 2.04. The molecule has 0 aromatic rings. The van der Waals surface area contributed by atoms with Gasteiger partial charge in [0.15, 0.2) is 0 Å². The number of carbonyl (C=O) groups excluding carboxylic acids is 3. The molecule has 0 aliphatic heterocycles. The number of ketones is 2. The van der Waals surface area contributed by atoms with Gasteiger partial charge in [-0.1, -0.05) is 20.8 Å². The minimum absolute atomic E-state index is 0.0142. The lowest BCUT2D eigenvalue weighted by Gasteiger charge is -2.40. The van der Waals surface area contributed by atoms with Crippen molar-refractivity contribution in [2.24, 2.45) is 34.5 Å². The van der Waals surface area contributed by atoms with Gasteiger partial charge in [0, 0.05) is 23.7 Å². The Balaban J connectivity index is 2.00. The maximum Gasteiger partial charge on any atom is 0.296 e. The molecule has 0 amide bonds. The first-order valence-corrected chi connectivity index (χ1v) is 12.2. The number of carbonyl (C=O) groups is 3. The molecule has 0 N–H and O–H groups in total. The van der Waals surface area contributed by atoms with Crippen LogP contribution in [0.2, 0.25) is 19.6 Å². The molecule has 3 rings (SSSR count). The third-order valence-corrected chi connectivity index (χ3v) is 7.71. The topological polar surface area (TPSA) is 60.4 Å². The molecular formula is C18H28O4Si. The van der Waals surface area contributed by atoms with Crippen LogP contribution in [0.1, 0.15) is 40.0 Å². The van der Waals surface area contributed by atoms with Gasteiger partial charge in [-0.05, 0) is 43.8 Å². The van der Waals surface area contributed by atoms with Crippen molar-refractivity contribution in [1.82, 2.24) is 0 Å². The lowest BCUT2D eigenvalue weighted by Crippen LogP contribution is -2.45. The summed E-state index contributed by atoms with van der Waals surface area (Å²) in [5, 5.41) is 0. The summed E-state index contributed by atoms with van der Waals surface area (Å²) in [5.74, 6) is -0.725. The number of hydrogen-bond donors (Lipinski definition) is 0. The van der Waals surface area contributed by atoms with Gasteiger partial charge >= 0.3 is 0 Å². The summed E-state index contributed by atoms with van der Waals surface area (Å²) in [6.45, 7) is 11.8. The summed E-state index contributed by atoms with van der Waals surface area (Å²) in [5.41, 5.74) is -0.783. The molecule has 3 aliphatic rings. The van der Waals surface area contributed by atoms with Gasteiger partial charge in [-0.2, -0.15) is 0 Å². The highest BCUT2D eigenvalue weighted by Gasteiger charge is 2.75. The van der Waals surface area contributed by atoms with E-state index in [9.17, 15) is 14.4 Å². The molecule has 0 spiro atoms. The average Bonchev–Trinajstić information content (AvgIpc) is 2.76. The van der Waals surface area contributed by atoms with Crippen molar-refractivity contribution in [1.29, 1.82) is 0 Å². The minimum Gasteiger partial charge on any atom is -0.520 e. The fourth-order valence-electron chi connectivity index (χ4n) is 5.79. The second-order valence-corrected chi connectivity index (χ2v) is 13.6. The molecule has 5 heteroatoms. The molecule has 0 aromatic carbocycles. The van der Waals surface area contributed by atoms with Crippen LogP contribution in [-0.2, 0) is 18.8 Å². The molecule has 0 saturated heterocycles. The summed E-state index contributed by atoms with van der Waals surface area (Å²) in [7, 11) is -2.00. The van der Waals surface area contributed by atoms with Gasteiger partial charge in [0.1, 0.15) is 11.6 Å². The fraction of sp³-hybridized carbons (Fsp3) is 0.833. The van der Waals surface area contributed by atoms with E-state index < -0.39 is 19.7 Å². The van der Waals surface area contributed by atoms with E-state index in [-0.39, 0.29) is 40.7 Å². The van der Waals surface area contributed by atoms with Crippen LogP contribution in [0, 0.1) is 34.5 Å². The molecule has 6 unspecified atom stereocenters. The van der Waals surface area contributed by atoms with Crippen molar-refractivity contribution >= 4 is 25.9 Å². The Morgan fingerprint density at radius 1 is 1.26 bits per heavy atom. The van der Waals surface area contributed by atoms with Gasteiger partial charge in [0.05, 0.1) is 5.92 Å². The molecule has 0 heterocycles. The molecule has 0 aromatic heterocycles. The van der Waals surface area contributed by atoms with Crippen LogP contribution in [0.5, 0.6) is 0 Å². The molecule has 3 fully saturated rings. The van der Waals surface area contributed by atoms with Gasteiger partial charge < -0.3 is 4.43 Å². The molecule has 6 atom stereocenters. The molecule has 4 nitrogen and oxygen atoms in total. The molecule has 3 saturated carbocycles. The largest absolute Gasteiger partial charge is 0.520 e. The van der Waals surface area contributed by atoms with Gasteiger partial charge in [0.25, 0.3) is 5.97 Å². The number of hydrogen-bond acceptors (Lipinski definition) is 4. The van der Waals surface area contributed by atoms with Gasteiger partial charge in [0.2, 0.25) is 8.32 Å². The van der Waals surface area contributed by atoms with E-state index >= 15 is 0 Å². The molecule has 0 radical (unpaired) electrons. The summed E-state index contributed by atoms with van der Waals surface area (Å²) in [6, 6.07) is 0. The van der Waals surface area contributed by atoms with Crippen LogP contribution in [0.15, 0.2) is 0 Å². The lowest BCUT2D eigenvalue weighted by molar-refractivity contribution is -0.151. The first-order valence-electron chi connectivity index (χ1n) is 8.75. The Kier molecular flexibility index (Phi) is 3.50. The highest BCUT2D eigenvalue weighted by atomic mass is 28.4. The highest BCUT2D eigenvalue weighted by molar-refractivity contribution is 6.71. The zero-order valence-corrected chi connectivity index (χ0v) is 16.1. The second kappa shape index (κ2) is 4.77. The van der Waals surface area contributed by atoms with Gasteiger partial charge in [-0.15, -0.1) is 0 Å². The quantitative estimate of drug-likeness (QED) is 0.743. The molecule has 3 aliphatic carbocycles. The van der Waals surface area contributed by atoms with Crippen LogP contribution in [0.4, 0.5) is 0 Å². The van der Waals surface area contributed by atoms with E-state index in [4.69, 9.17) is 4.43 Å². The Hall–Kier alpha value is -0.973. The van der Waals surface area contributed by atoms with Gasteiger partial charge in [-0.3, -0.25) is 14.4 Å². The smallest absolute Gasteiger partial charge is 0.296 e. The van der Waals surface area contributed by atoms with Gasteiger partial charge in [-0.25, -0.2) is 0 Å². The highest BCUT2D eigenvalue weighted by Crippen LogP contribution is 2.73. The minimum atomic E-state index is -2.00. The van der Waals surface area contributed by atoms with E-state index in [2.05, 4.69) is 6.92 Å². The molecule has 4 bridgehead atoms. The van der Waals surface area contributed by atoms with E-state index in [1.807, 2.05) is 33.5 Å². The summed E-state index contributed by atoms with van der Waals surface area (Å²) < 4.78 is 5.70. The van der Waals surface area contributed by atoms with Crippen molar-refractivity contribution in [2.75, 3.05) is 0 Å². The van der Waals surface area contributed by atoms with Crippen LogP contribution in [0.25, 0.3) is 0 Å². The zero-order valence-electron chi connectivity index (χ0n) is 15.1. The predicted octanol–water partition coefficient (Wildman–Crippen LogP) is 3.21. The molecule has 23 heavy (non-hydrogen) atoms. The predicted molar refractivity (Wildman–Crippen MR) is 89.2 cm³/mol. The van der Waals surface area contributed by atoms with Crippen molar-refractivity contribution in [3.8, 4) is 0 Å². The van der Waals surface area contributed by atoms with E-state index in [0.29, 0.717) is 6.42 Å².